The van der Waals surface area contributed by atoms with Gasteiger partial charge in [0.15, 0.2) is 0 Å². The Morgan fingerprint density at radius 2 is 2.50 bits per heavy atom. The first-order chi connectivity index (χ1) is 6.70. The zero-order valence-electron chi connectivity index (χ0n) is 7.91. The van der Waals surface area contributed by atoms with Crippen LogP contribution in [0, 0.1) is 5.92 Å². The molecule has 0 aromatic carbocycles. The van der Waals surface area contributed by atoms with Crippen molar-refractivity contribution in [2.45, 2.75) is 20.0 Å². The monoisotopic (exact) mass is 212 g/mol. The molecule has 2 rings (SSSR count). The molecule has 14 heavy (non-hydrogen) atoms. The second-order valence-electron chi connectivity index (χ2n) is 3.56. The van der Waals surface area contributed by atoms with Crippen molar-refractivity contribution in [2.24, 2.45) is 5.92 Å². The Morgan fingerprint density at radius 1 is 1.71 bits per heavy atom. The first-order valence-corrected chi connectivity index (χ1v) is 5.40. The third kappa shape index (κ3) is 1.65. The van der Waals surface area contributed by atoms with E-state index in [2.05, 4.69) is 17.2 Å². The molecule has 0 fully saturated rings. The summed E-state index contributed by atoms with van der Waals surface area (Å²) in [6.45, 7) is 2.70. The molecule has 4 nitrogen and oxygen atoms in total. The Bertz CT molecular complexity index is 362. The molecule has 76 valence electrons. The number of hydrogen-bond donors (Lipinski definition) is 2. The highest BCUT2D eigenvalue weighted by Crippen LogP contribution is 2.23. The minimum Gasteiger partial charge on any atom is -0.389 e. The molecule has 1 aliphatic heterocycles. The normalized spacial score (nSPS) is 21.3. The van der Waals surface area contributed by atoms with E-state index in [1.807, 2.05) is 0 Å². The number of fused-ring (bicyclic) bond motifs is 1. The first-order valence-electron chi connectivity index (χ1n) is 4.58. The van der Waals surface area contributed by atoms with Crippen LogP contribution < -0.4 is 5.32 Å². The molecular weight excluding hydrogens is 200 g/mol. The van der Waals surface area contributed by atoms with Gasteiger partial charge in [0.1, 0.15) is 9.88 Å². The van der Waals surface area contributed by atoms with Crippen LogP contribution in [-0.2, 0) is 13.0 Å². The highest BCUT2D eigenvalue weighted by Gasteiger charge is 2.23. The standard InChI is InChI=1S/C9H12N2O2S/c1-5-2-6-8(9(13)10-3-5)14-7(4-12)11-6/h5,12H,2-4H2,1H3,(H,10,13). The van der Waals surface area contributed by atoms with Crippen LogP contribution in [0.5, 0.6) is 0 Å². The van der Waals surface area contributed by atoms with Crippen molar-refractivity contribution in [3.05, 3.63) is 15.6 Å². The lowest BCUT2D eigenvalue weighted by Gasteiger charge is -2.05. The Balaban J connectivity index is 2.38. The molecule has 2 N–H and O–H groups in total. The van der Waals surface area contributed by atoms with Gasteiger partial charge < -0.3 is 10.4 Å². The maximum absolute atomic E-state index is 11.6. The van der Waals surface area contributed by atoms with E-state index in [1.54, 1.807) is 0 Å². The summed E-state index contributed by atoms with van der Waals surface area (Å²) >= 11 is 1.29. The van der Waals surface area contributed by atoms with Crippen molar-refractivity contribution in [1.29, 1.82) is 0 Å². The molecule has 0 radical (unpaired) electrons. The minimum atomic E-state index is -0.0840. The van der Waals surface area contributed by atoms with Crippen molar-refractivity contribution >= 4 is 17.2 Å². The molecule has 1 atom stereocenters. The number of nitrogens with one attached hydrogen (secondary N) is 1. The van der Waals surface area contributed by atoms with Crippen LogP contribution in [0.25, 0.3) is 0 Å². The predicted octanol–water partition coefficient (Wildman–Crippen LogP) is 0.557. The van der Waals surface area contributed by atoms with Crippen molar-refractivity contribution in [3.63, 3.8) is 0 Å². The molecule has 0 aliphatic carbocycles. The molecule has 1 aromatic heterocycles. The fourth-order valence-electron chi connectivity index (χ4n) is 1.53. The molecule has 1 amide bonds. The smallest absolute Gasteiger partial charge is 0.263 e. The topological polar surface area (TPSA) is 62.2 Å². The summed E-state index contributed by atoms with van der Waals surface area (Å²) in [6.07, 6.45) is 0.810. The van der Waals surface area contributed by atoms with Crippen LogP contribution in [0.2, 0.25) is 0 Å². The molecule has 5 heteroatoms. The van der Waals surface area contributed by atoms with Gasteiger partial charge in [0, 0.05) is 6.54 Å². The van der Waals surface area contributed by atoms with Gasteiger partial charge in [0.25, 0.3) is 5.91 Å². The Hall–Kier alpha value is -0.940. The Labute approximate surface area is 86.0 Å². The van der Waals surface area contributed by atoms with E-state index >= 15 is 0 Å². The number of amides is 1. The van der Waals surface area contributed by atoms with Crippen LogP contribution in [-0.4, -0.2) is 22.5 Å². The molecule has 2 heterocycles. The lowest BCUT2D eigenvalue weighted by molar-refractivity contribution is 0.0956. The van der Waals surface area contributed by atoms with Gasteiger partial charge in [0.2, 0.25) is 0 Å². The lowest BCUT2D eigenvalue weighted by Crippen LogP contribution is -2.25. The van der Waals surface area contributed by atoms with Crippen molar-refractivity contribution in [3.8, 4) is 0 Å². The number of aliphatic hydroxyl groups is 1. The second-order valence-corrected chi connectivity index (χ2v) is 4.64. The molecule has 1 unspecified atom stereocenters. The van der Waals surface area contributed by atoms with Crippen LogP contribution >= 0.6 is 11.3 Å². The number of hydrogen-bond acceptors (Lipinski definition) is 4. The maximum atomic E-state index is 11.6. The molecule has 0 saturated heterocycles. The number of carbonyl (C=O) groups excluding carboxylic acids is 1. The molecule has 1 aliphatic rings. The zero-order chi connectivity index (χ0) is 10.1. The fraction of sp³-hybridized carbons (Fsp3) is 0.556. The predicted molar refractivity (Wildman–Crippen MR) is 53.2 cm³/mol. The van der Waals surface area contributed by atoms with Crippen LogP contribution in [0.15, 0.2) is 0 Å². The Kier molecular flexibility index (Phi) is 2.52. The van der Waals surface area contributed by atoms with Gasteiger partial charge in [-0.3, -0.25) is 4.79 Å². The molecule has 0 bridgehead atoms. The number of aromatic nitrogens is 1. The minimum absolute atomic E-state index is 0.0541. The van der Waals surface area contributed by atoms with Crippen molar-refractivity contribution in [1.82, 2.24) is 10.3 Å². The second kappa shape index (κ2) is 3.67. The average Bonchev–Trinajstić information content (AvgIpc) is 2.52. The Morgan fingerprint density at radius 3 is 3.21 bits per heavy atom. The largest absolute Gasteiger partial charge is 0.389 e. The summed E-state index contributed by atoms with van der Waals surface area (Å²) in [5.74, 6) is 0.357. The van der Waals surface area contributed by atoms with Gasteiger partial charge in [-0.15, -0.1) is 11.3 Å². The molecule has 0 spiro atoms. The van der Waals surface area contributed by atoms with Crippen LogP contribution in [0.1, 0.15) is 27.3 Å². The quantitative estimate of drug-likeness (QED) is 0.715. The highest BCUT2D eigenvalue weighted by molar-refractivity contribution is 7.13. The first kappa shape index (κ1) is 9.61. The van der Waals surface area contributed by atoms with Crippen LogP contribution in [0.4, 0.5) is 0 Å². The number of nitrogens with zero attached hydrogens (tertiary/aromatic N) is 1. The maximum Gasteiger partial charge on any atom is 0.263 e. The summed E-state index contributed by atoms with van der Waals surface area (Å²) in [5.41, 5.74) is 0.835. The average molecular weight is 212 g/mol. The van der Waals surface area contributed by atoms with E-state index < -0.39 is 0 Å². The summed E-state index contributed by atoms with van der Waals surface area (Å²) < 4.78 is 0. The number of aliphatic hydroxyl groups excluding tert-OH is 1. The van der Waals surface area contributed by atoms with E-state index in [1.165, 1.54) is 11.3 Å². The SMILES string of the molecule is CC1CNC(=O)c2sc(CO)nc2C1. The van der Waals surface area contributed by atoms with Crippen molar-refractivity contribution < 1.29 is 9.90 Å². The third-order valence-electron chi connectivity index (χ3n) is 2.24. The highest BCUT2D eigenvalue weighted by atomic mass is 32.1. The number of carbonyl (C=O) groups is 1. The van der Waals surface area contributed by atoms with Crippen LogP contribution in [0.3, 0.4) is 0 Å². The van der Waals surface area contributed by atoms with E-state index in [9.17, 15) is 4.79 Å². The van der Waals surface area contributed by atoms with Gasteiger partial charge >= 0.3 is 0 Å². The van der Waals surface area contributed by atoms with Gasteiger partial charge in [-0.2, -0.15) is 0 Å². The van der Waals surface area contributed by atoms with Crippen molar-refractivity contribution in [2.75, 3.05) is 6.54 Å². The van der Waals surface area contributed by atoms with E-state index in [0.29, 0.717) is 22.3 Å². The van der Waals surface area contributed by atoms with E-state index in [0.717, 1.165) is 12.1 Å². The lowest BCUT2D eigenvalue weighted by atomic mass is 10.1. The molecule has 0 saturated carbocycles. The van der Waals surface area contributed by atoms with Gasteiger partial charge in [-0.1, -0.05) is 6.92 Å². The number of rotatable bonds is 1. The van der Waals surface area contributed by atoms with Gasteiger partial charge in [0.05, 0.1) is 12.3 Å². The summed E-state index contributed by atoms with van der Waals surface area (Å²) in [7, 11) is 0. The van der Waals surface area contributed by atoms with Gasteiger partial charge in [-0.05, 0) is 12.3 Å². The fourth-order valence-corrected chi connectivity index (χ4v) is 2.40. The van der Waals surface area contributed by atoms with Gasteiger partial charge in [-0.25, -0.2) is 4.98 Å². The summed E-state index contributed by atoms with van der Waals surface area (Å²) in [5, 5.41) is 12.4. The number of thiazole rings is 1. The molecular formula is C9H12N2O2S. The van der Waals surface area contributed by atoms with E-state index in [-0.39, 0.29) is 12.5 Å². The van der Waals surface area contributed by atoms with E-state index in [4.69, 9.17) is 5.11 Å². The third-order valence-corrected chi connectivity index (χ3v) is 3.32. The summed E-state index contributed by atoms with van der Waals surface area (Å²) in [4.78, 5) is 16.5. The zero-order valence-corrected chi connectivity index (χ0v) is 8.73. The molecule has 1 aromatic rings. The summed E-state index contributed by atoms with van der Waals surface area (Å²) in [6, 6.07) is 0.